The second-order valence-electron chi connectivity index (χ2n) is 6.78. The average molecular weight is 376 g/mol. The number of ether oxygens (including phenoxy) is 3. The lowest BCUT2D eigenvalue weighted by Gasteiger charge is -2.37. The molecule has 0 radical (unpaired) electrons. The lowest BCUT2D eigenvalue weighted by Crippen LogP contribution is -2.33. The van der Waals surface area contributed by atoms with Crippen molar-refractivity contribution in [2.75, 3.05) is 6.79 Å². The minimum atomic E-state index is -0.206. The van der Waals surface area contributed by atoms with Gasteiger partial charge in [0.1, 0.15) is 5.75 Å². The van der Waals surface area contributed by atoms with E-state index in [9.17, 15) is 0 Å². The van der Waals surface area contributed by atoms with Crippen molar-refractivity contribution in [1.82, 2.24) is 5.01 Å². The predicted octanol–water partition coefficient (Wildman–Crippen LogP) is 4.72. The van der Waals surface area contributed by atoms with Gasteiger partial charge >= 0.3 is 0 Å². The van der Waals surface area contributed by atoms with Crippen LogP contribution in [-0.4, -0.2) is 17.5 Å². The minimum absolute atomic E-state index is 0.167. The number of nitrogens with zero attached hydrogens (tertiary/aromatic N) is 2. The van der Waals surface area contributed by atoms with E-state index < -0.39 is 0 Å². The van der Waals surface area contributed by atoms with Crippen LogP contribution in [0.4, 0.5) is 0 Å². The lowest BCUT2D eigenvalue weighted by atomic mass is 9.96. The third-order valence-corrected chi connectivity index (χ3v) is 5.93. The smallest absolute Gasteiger partial charge is 0.231 e. The minimum Gasteiger partial charge on any atom is -0.464 e. The zero-order valence-electron chi connectivity index (χ0n) is 14.4. The summed E-state index contributed by atoms with van der Waals surface area (Å²) in [5, 5.41) is 11.3. The predicted molar refractivity (Wildman–Crippen MR) is 102 cm³/mol. The van der Waals surface area contributed by atoms with Crippen LogP contribution in [0.3, 0.4) is 0 Å². The summed E-state index contributed by atoms with van der Waals surface area (Å²) in [5.74, 6) is 2.52. The molecule has 5 nitrogen and oxygen atoms in total. The molecule has 3 aliphatic heterocycles. The zero-order chi connectivity index (χ0) is 17.8. The molecule has 0 fully saturated rings. The largest absolute Gasteiger partial charge is 0.464 e. The van der Waals surface area contributed by atoms with Crippen molar-refractivity contribution in [2.24, 2.45) is 5.10 Å². The van der Waals surface area contributed by atoms with Crippen LogP contribution in [0.5, 0.6) is 17.2 Å². The fourth-order valence-corrected chi connectivity index (χ4v) is 4.59. The number of fused-ring (bicyclic) bond motifs is 4. The highest BCUT2D eigenvalue weighted by Crippen LogP contribution is 2.48. The third-order valence-electron chi connectivity index (χ3n) is 5.23. The fourth-order valence-electron chi connectivity index (χ4n) is 3.92. The summed E-state index contributed by atoms with van der Waals surface area (Å²) in [6, 6.07) is 16.6. The van der Waals surface area contributed by atoms with Crippen LogP contribution >= 0.6 is 11.3 Å². The molecular weight excluding hydrogens is 360 g/mol. The summed E-state index contributed by atoms with van der Waals surface area (Å²) in [6.45, 7) is 0.279. The van der Waals surface area contributed by atoms with E-state index in [2.05, 4.69) is 40.0 Å². The molecule has 0 saturated heterocycles. The topological polar surface area (TPSA) is 43.3 Å². The van der Waals surface area contributed by atoms with Gasteiger partial charge in [0, 0.05) is 23.1 Å². The number of thiophene rings is 1. The summed E-state index contributed by atoms with van der Waals surface area (Å²) in [7, 11) is 0. The molecule has 27 heavy (non-hydrogen) atoms. The molecule has 2 atom stereocenters. The Kier molecular flexibility index (Phi) is 3.22. The number of para-hydroxylation sites is 1. The van der Waals surface area contributed by atoms with Crippen molar-refractivity contribution in [1.29, 1.82) is 0 Å². The molecule has 0 amide bonds. The molecule has 1 aromatic heterocycles. The van der Waals surface area contributed by atoms with Gasteiger partial charge in [0.2, 0.25) is 13.0 Å². The Labute approximate surface area is 160 Å². The summed E-state index contributed by atoms with van der Waals surface area (Å²) in [4.78, 5) is 0. The Balaban J connectivity index is 1.43. The highest BCUT2D eigenvalue weighted by molar-refractivity contribution is 7.07. The SMILES string of the molecule is c1ccc2c(c1)O[C@@H](c1ccsc1)N1N=C(c3ccc4c(c3)OCO4)C[C@H]21. The molecule has 0 bridgehead atoms. The molecule has 0 spiro atoms. The van der Waals surface area contributed by atoms with E-state index in [4.69, 9.17) is 19.3 Å². The first-order valence-electron chi connectivity index (χ1n) is 8.90. The van der Waals surface area contributed by atoms with Crippen molar-refractivity contribution in [3.63, 3.8) is 0 Å². The van der Waals surface area contributed by atoms with Gasteiger partial charge in [-0.1, -0.05) is 18.2 Å². The standard InChI is InChI=1S/C21H16N2O3S/c1-2-4-18-15(3-1)17-10-16(13-5-6-19-20(9-13)25-12-24-19)22-23(17)21(26-18)14-7-8-27-11-14/h1-9,11,17,21H,10,12H2/t17-,21+/m1/s1. The molecule has 6 heteroatoms. The van der Waals surface area contributed by atoms with E-state index >= 15 is 0 Å². The molecular formula is C21H16N2O3S. The van der Waals surface area contributed by atoms with Gasteiger partial charge in [-0.15, -0.1) is 0 Å². The van der Waals surface area contributed by atoms with E-state index in [0.717, 1.165) is 40.5 Å². The highest BCUT2D eigenvalue weighted by Gasteiger charge is 2.41. The first-order valence-corrected chi connectivity index (χ1v) is 9.84. The van der Waals surface area contributed by atoms with Gasteiger partial charge in [-0.2, -0.15) is 16.4 Å². The van der Waals surface area contributed by atoms with Crippen molar-refractivity contribution < 1.29 is 14.2 Å². The Morgan fingerprint density at radius 2 is 1.93 bits per heavy atom. The summed E-state index contributed by atoms with van der Waals surface area (Å²) in [6.07, 6.45) is 0.628. The maximum Gasteiger partial charge on any atom is 0.231 e. The van der Waals surface area contributed by atoms with Crippen molar-refractivity contribution in [2.45, 2.75) is 18.7 Å². The molecule has 0 unspecified atom stereocenters. The summed E-state index contributed by atoms with van der Waals surface area (Å²) >= 11 is 1.67. The van der Waals surface area contributed by atoms with Crippen LogP contribution in [0.1, 0.15) is 35.4 Å². The Hall–Kier alpha value is -2.99. The molecule has 3 aliphatic rings. The first kappa shape index (κ1) is 15.1. The van der Waals surface area contributed by atoms with Crippen LogP contribution in [0.25, 0.3) is 0 Å². The van der Waals surface area contributed by atoms with E-state index in [1.165, 1.54) is 5.56 Å². The van der Waals surface area contributed by atoms with Crippen molar-refractivity contribution in [3.05, 3.63) is 76.0 Å². The van der Waals surface area contributed by atoms with Crippen LogP contribution in [-0.2, 0) is 0 Å². The third kappa shape index (κ3) is 2.33. The van der Waals surface area contributed by atoms with Crippen molar-refractivity contribution >= 4 is 17.0 Å². The number of hydrogen-bond acceptors (Lipinski definition) is 6. The molecule has 3 aromatic rings. The quantitative estimate of drug-likeness (QED) is 0.649. The van der Waals surface area contributed by atoms with Crippen LogP contribution < -0.4 is 14.2 Å². The average Bonchev–Trinajstić information content (AvgIpc) is 3.47. The van der Waals surface area contributed by atoms with Gasteiger partial charge in [-0.3, -0.25) is 0 Å². The van der Waals surface area contributed by atoms with Crippen molar-refractivity contribution in [3.8, 4) is 17.2 Å². The van der Waals surface area contributed by atoms with Gasteiger partial charge in [0.05, 0.1) is 11.8 Å². The molecule has 0 N–H and O–H groups in total. The molecule has 4 heterocycles. The summed E-state index contributed by atoms with van der Waals surface area (Å²) in [5.41, 5.74) is 4.42. The van der Waals surface area contributed by atoms with E-state index in [1.54, 1.807) is 11.3 Å². The Morgan fingerprint density at radius 1 is 1.00 bits per heavy atom. The molecule has 6 rings (SSSR count). The maximum absolute atomic E-state index is 6.33. The van der Waals surface area contributed by atoms with Crippen LogP contribution in [0.15, 0.2) is 64.4 Å². The van der Waals surface area contributed by atoms with Gasteiger partial charge in [-0.25, -0.2) is 5.01 Å². The number of hydrazone groups is 1. The monoisotopic (exact) mass is 376 g/mol. The first-order chi connectivity index (χ1) is 13.4. The number of rotatable bonds is 2. The Morgan fingerprint density at radius 3 is 2.85 bits per heavy atom. The fraction of sp³-hybridized carbons (Fsp3) is 0.190. The normalized spacial score (nSPS) is 22.1. The van der Waals surface area contributed by atoms with E-state index in [0.29, 0.717) is 0 Å². The van der Waals surface area contributed by atoms with Crippen LogP contribution in [0, 0.1) is 0 Å². The Bertz CT molecular complexity index is 1050. The van der Waals surface area contributed by atoms with E-state index in [-0.39, 0.29) is 19.1 Å². The molecule has 0 saturated carbocycles. The van der Waals surface area contributed by atoms with Gasteiger partial charge in [0.15, 0.2) is 11.5 Å². The molecule has 134 valence electrons. The molecule has 0 aliphatic carbocycles. The summed E-state index contributed by atoms with van der Waals surface area (Å²) < 4.78 is 17.3. The second kappa shape index (κ2) is 5.76. The van der Waals surface area contributed by atoms with Gasteiger partial charge in [-0.05, 0) is 41.1 Å². The zero-order valence-corrected chi connectivity index (χ0v) is 15.2. The molecule has 2 aromatic carbocycles. The van der Waals surface area contributed by atoms with E-state index in [1.807, 2.05) is 24.3 Å². The maximum atomic E-state index is 6.33. The second-order valence-corrected chi connectivity index (χ2v) is 7.56. The number of benzene rings is 2. The van der Waals surface area contributed by atoms with Gasteiger partial charge in [0.25, 0.3) is 0 Å². The van der Waals surface area contributed by atoms with Gasteiger partial charge < -0.3 is 14.2 Å². The lowest BCUT2D eigenvalue weighted by molar-refractivity contribution is -0.0187. The highest BCUT2D eigenvalue weighted by atomic mass is 32.1. The number of hydrogen-bond donors (Lipinski definition) is 0. The van der Waals surface area contributed by atoms with Crippen LogP contribution in [0.2, 0.25) is 0 Å².